The quantitative estimate of drug-likeness (QED) is 0.795. The van der Waals surface area contributed by atoms with E-state index < -0.39 is 9.84 Å². The van der Waals surface area contributed by atoms with Gasteiger partial charge in [-0.3, -0.25) is 4.90 Å². The van der Waals surface area contributed by atoms with Gasteiger partial charge in [-0.15, -0.1) is 5.10 Å². The van der Waals surface area contributed by atoms with Crippen LogP contribution in [0.1, 0.15) is 35.6 Å². The highest BCUT2D eigenvalue weighted by Gasteiger charge is 2.29. The zero-order valence-corrected chi connectivity index (χ0v) is 16.5. The minimum absolute atomic E-state index is 0.0676. The summed E-state index contributed by atoms with van der Waals surface area (Å²) >= 11 is 0.955. The fraction of sp³-hybridized carbons (Fsp3) is 0.529. The third-order valence-electron chi connectivity index (χ3n) is 4.63. The smallest absolute Gasteiger partial charge is 0.188 e. The standard InChI is InChI=1S/C17H23N3O4S2/c1-24-15-6-5-12(8-14(15)11-21)9-20-7-3-4-13(10-20)16-17(25-19-18-16)26(2,22)23/h5-6,8,13,21H,3-4,7,9-11H2,1-2H3. The number of piperidine rings is 1. The molecule has 0 bridgehead atoms. The first-order valence-electron chi connectivity index (χ1n) is 8.43. The van der Waals surface area contributed by atoms with Gasteiger partial charge in [-0.2, -0.15) is 0 Å². The second-order valence-corrected chi connectivity index (χ2v) is 9.56. The predicted octanol–water partition coefficient (Wildman–Crippen LogP) is 1.82. The normalized spacial score (nSPS) is 18.8. The van der Waals surface area contributed by atoms with Crippen LogP contribution < -0.4 is 4.74 Å². The molecule has 1 fully saturated rings. The molecule has 1 N–H and O–H groups in total. The Morgan fingerprint density at radius 2 is 2.23 bits per heavy atom. The highest BCUT2D eigenvalue weighted by Crippen LogP contribution is 2.32. The van der Waals surface area contributed by atoms with Crippen LogP contribution in [0.2, 0.25) is 0 Å². The van der Waals surface area contributed by atoms with E-state index in [1.54, 1.807) is 7.11 Å². The molecule has 0 radical (unpaired) electrons. The molecular formula is C17H23N3O4S2. The van der Waals surface area contributed by atoms with Crippen molar-refractivity contribution in [1.29, 1.82) is 0 Å². The molecular weight excluding hydrogens is 374 g/mol. The lowest BCUT2D eigenvalue weighted by atomic mass is 9.95. The Morgan fingerprint density at radius 1 is 1.42 bits per heavy atom. The molecule has 0 aliphatic carbocycles. The summed E-state index contributed by atoms with van der Waals surface area (Å²) in [7, 11) is -1.71. The first kappa shape index (κ1) is 19.2. The molecule has 9 heteroatoms. The first-order chi connectivity index (χ1) is 12.4. The van der Waals surface area contributed by atoms with Gasteiger partial charge in [0.05, 0.1) is 19.4 Å². The Bertz CT molecular complexity index is 867. The van der Waals surface area contributed by atoms with Gasteiger partial charge in [0.2, 0.25) is 0 Å². The van der Waals surface area contributed by atoms with Crippen LogP contribution >= 0.6 is 11.5 Å². The molecule has 3 rings (SSSR count). The van der Waals surface area contributed by atoms with E-state index in [9.17, 15) is 13.5 Å². The summed E-state index contributed by atoms with van der Waals surface area (Å²) < 4.78 is 33.3. The van der Waals surface area contributed by atoms with Gasteiger partial charge in [0.1, 0.15) is 5.75 Å². The molecule has 26 heavy (non-hydrogen) atoms. The third-order valence-corrected chi connectivity index (χ3v) is 7.18. The first-order valence-corrected chi connectivity index (χ1v) is 11.1. The topological polar surface area (TPSA) is 92.6 Å². The molecule has 0 saturated carbocycles. The summed E-state index contributed by atoms with van der Waals surface area (Å²) in [5, 5.41) is 13.6. The number of sulfone groups is 1. The van der Waals surface area contributed by atoms with E-state index in [2.05, 4.69) is 14.5 Å². The number of aliphatic hydroxyl groups excluding tert-OH is 1. The summed E-state index contributed by atoms with van der Waals surface area (Å²) in [4.78, 5) is 2.29. The molecule has 142 valence electrons. The predicted molar refractivity (Wildman–Crippen MR) is 99.2 cm³/mol. The van der Waals surface area contributed by atoms with Crippen molar-refractivity contribution in [1.82, 2.24) is 14.5 Å². The number of hydrogen-bond donors (Lipinski definition) is 1. The molecule has 0 amide bonds. The number of aromatic nitrogens is 2. The van der Waals surface area contributed by atoms with Crippen molar-refractivity contribution in [2.24, 2.45) is 0 Å². The second kappa shape index (κ2) is 7.99. The second-order valence-electron chi connectivity index (χ2n) is 6.60. The van der Waals surface area contributed by atoms with Gasteiger partial charge in [0.15, 0.2) is 14.0 Å². The zero-order chi connectivity index (χ0) is 18.7. The van der Waals surface area contributed by atoms with E-state index in [4.69, 9.17) is 4.74 Å². The van der Waals surface area contributed by atoms with E-state index in [-0.39, 0.29) is 16.7 Å². The van der Waals surface area contributed by atoms with Crippen LogP contribution in [-0.2, 0) is 23.0 Å². The molecule has 2 heterocycles. The fourth-order valence-corrected chi connectivity index (χ4v) is 5.16. The Morgan fingerprint density at radius 3 is 2.92 bits per heavy atom. The zero-order valence-electron chi connectivity index (χ0n) is 14.9. The summed E-state index contributed by atoms with van der Waals surface area (Å²) in [6, 6.07) is 5.82. The number of nitrogens with zero attached hydrogens (tertiary/aromatic N) is 3. The molecule has 1 aromatic carbocycles. The van der Waals surface area contributed by atoms with Crippen molar-refractivity contribution in [2.75, 3.05) is 26.5 Å². The van der Waals surface area contributed by atoms with Crippen LogP contribution in [0.4, 0.5) is 0 Å². The third kappa shape index (κ3) is 4.22. The van der Waals surface area contributed by atoms with Crippen LogP contribution in [0.25, 0.3) is 0 Å². The Labute approximate surface area is 157 Å². The van der Waals surface area contributed by atoms with Crippen LogP contribution in [0.5, 0.6) is 5.75 Å². The maximum Gasteiger partial charge on any atom is 0.188 e. The summed E-state index contributed by atoms with van der Waals surface area (Å²) in [6.07, 6.45) is 3.10. The molecule has 1 aromatic heterocycles. The SMILES string of the molecule is COc1ccc(CN2CCCC(c3nnsc3S(C)(=O)=O)C2)cc1CO. The number of ether oxygens (including phenoxy) is 1. The monoisotopic (exact) mass is 397 g/mol. The number of methoxy groups -OCH3 is 1. The summed E-state index contributed by atoms with van der Waals surface area (Å²) in [5.74, 6) is 0.752. The number of aliphatic hydroxyl groups is 1. The number of likely N-dealkylation sites (tertiary alicyclic amines) is 1. The van der Waals surface area contributed by atoms with Gasteiger partial charge in [0, 0.05) is 42.4 Å². The Balaban J connectivity index is 1.75. The Hall–Kier alpha value is -1.55. The van der Waals surface area contributed by atoms with Gasteiger partial charge in [0.25, 0.3) is 0 Å². The molecule has 1 aliphatic heterocycles. The van der Waals surface area contributed by atoms with Gasteiger partial charge >= 0.3 is 0 Å². The van der Waals surface area contributed by atoms with Gasteiger partial charge in [-0.1, -0.05) is 10.6 Å². The molecule has 2 aromatic rings. The van der Waals surface area contributed by atoms with Crippen LogP contribution in [0.3, 0.4) is 0 Å². The molecule has 1 unspecified atom stereocenters. The lowest BCUT2D eigenvalue weighted by molar-refractivity contribution is 0.197. The van der Waals surface area contributed by atoms with Crippen molar-refractivity contribution in [3.63, 3.8) is 0 Å². The van der Waals surface area contributed by atoms with Crippen LogP contribution in [-0.4, -0.2) is 54.5 Å². The fourth-order valence-electron chi connectivity index (χ4n) is 3.43. The van der Waals surface area contributed by atoms with E-state index in [1.807, 2.05) is 18.2 Å². The summed E-state index contributed by atoms with van der Waals surface area (Å²) in [6.45, 7) is 2.36. The average Bonchev–Trinajstić information content (AvgIpc) is 3.12. The largest absolute Gasteiger partial charge is 0.496 e. The van der Waals surface area contributed by atoms with Crippen LogP contribution in [0.15, 0.2) is 22.4 Å². The molecule has 7 nitrogen and oxygen atoms in total. The Kier molecular flexibility index (Phi) is 5.91. The van der Waals surface area contributed by atoms with E-state index in [1.165, 1.54) is 6.26 Å². The van der Waals surface area contributed by atoms with Crippen molar-refractivity contribution in [2.45, 2.75) is 36.1 Å². The summed E-state index contributed by atoms with van der Waals surface area (Å²) in [5.41, 5.74) is 2.46. The maximum atomic E-state index is 11.9. The van der Waals surface area contributed by atoms with Crippen molar-refractivity contribution in [3.8, 4) is 5.75 Å². The van der Waals surface area contributed by atoms with Gasteiger partial charge in [-0.05, 0) is 37.1 Å². The highest BCUT2D eigenvalue weighted by molar-refractivity contribution is 7.92. The van der Waals surface area contributed by atoms with E-state index in [0.717, 1.165) is 55.1 Å². The molecule has 1 atom stereocenters. The minimum Gasteiger partial charge on any atom is -0.496 e. The highest BCUT2D eigenvalue weighted by atomic mass is 32.2. The maximum absolute atomic E-state index is 11.9. The number of benzene rings is 1. The van der Waals surface area contributed by atoms with E-state index >= 15 is 0 Å². The van der Waals surface area contributed by atoms with Crippen molar-refractivity contribution < 1.29 is 18.3 Å². The number of rotatable bonds is 6. The van der Waals surface area contributed by atoms with Crippen LogP contribution in [0, 0.1) is 0 Å². The van der Waals surface area contributed by atoms with Gasteiger partial charge in [-0.25, -0.2) is 8.42 Å². The molecule has 1 saturated heterocycles. The lowest BCUT2D eigenvalue weighted by Crippen LogP contribution is -2.34. The average molecular weight is 398 g/mol. The molecule has 1 aliphatic rings. The van der Waals surface area contributed by atoms with E-state index in [0.29, 0.717) is 11.4 Å². The number of hydrogen-bond acceptors (Lipinski definition) is 8. The van der Waals surface area contributed by atoms with Crippen molar-refractivity contribution in [3.05, 3.63) is 35.0 Å². The lowest BCUT2D eigenvalue weighted by Gasteiger charge is -2.32. The molecule has 0 spiro atoms. The van der Waals surface area contributed by atoms with Gasteiger partial charge < -0.3 is 9.84 Å². The van der Waals surface area contributed by atoms with Crippen molar-refractivity contribution >= 4 is 21.4 Å². The minimum atomic E-state index is -3.30.